The van der Waals surface area contributed by atoms with Crippen LogP contribution in [0.5, 0.6) is 0 Å². The second-order valence-corrected chi connectivity index (χ2v) is 7.62. The Bertz CT molecular complexity index is 723. The number of hydrogen-bond acceptors (Lipinski definition) is 4. The van der Waals surface area contributed by atoms with E-state index < -0.39 is 6.04 Å². The van der Waals surface area contributed by atoms with E-state index in [4.69, 9.17) is 0 Å². The Hall–Kier alpha value is -2.21. The van der Waals surface area contributed by atoms with Crippen molar-refractivity contribution in [3.05, 3.63) is 47.0 Å². The lowest BCUT2D eigenvalue weighted by molar-refractivity contribution is -0.126. The molecule has 1 saturated carbocycles. The van der Waals surface area contributed by atoms with E-state index in [2.05, 4.69) is 27.8 Å². The highest BCUT2D eigenvalue weighted by Gasteiger charge is 2.31. The molecular weight excluding hydrogens is 334 g/mol. The van der Waals surface area contributed by atoms with Crippen molar-refractivity contribution in [1.29, 1.82) is 0 Å². The Morgan fingerprint density at radius 1 is 1.24 bits per heavy atom. The molecule has 25 heavy (non-hydrogen) atoms. The van der Waals surface area contributed by atoms with Gasteiger partial charge in [-0.05, 0) is 24.3 Å². The molecule has 1 fully saturated rings. The molecule has 1 aromatic carbocycles. The minimum Gasteiger partial charge on any atom is -0.344 e. The highest BCUT2D eigenvalue weighted by atomic mass is 32.1. The molecule has 2 aromatic rings. The van der Waals surface area contributed by atoms with Crippen LogP contribution in [0.25, 0.3) is 0 Å². The maximum Gasteiger partial charge on any atom is 0.249 e. The predicted molar refractivity (Wildman–Crippen MR) is 99.6 cm³/mol. The number of carbonyl (C=O) groups excluding carboxylic acids is 2. The number of anilines is 1. The lowest BCUT2D eigenvalue weighted by Gasteiger charge is -2.22. The summed E-state index contributed by atoms with van der Waals surface area (Å²) in [5.41, 5.74) is 1.21. The SMILES string of the molecule is CC(=O)N[C@@H](C(=O)Nc1ncc(Cc2ccccc2)s1)C1CCCC1. The number of aromatic nitrogens is 1. The topological polar surface area (TPSA) is 71.1 Å². The fourth-order valence-electron chi connectivity index (χ4n) is 3.33. The summed E-state index contributed by atoms with van der Waals surface area (Å²) in [7, 11) is 0. The maximum absolute atomic E-state index is 12.6. The maximum atomic E-state index is 12.6. The van der Waals surface area contributed by atoms with Crippen molar-refractivity contribution in [2.75, 3.05) is 5.32 Å². The van der Waals surface area contributed by atoms with Crippen LogP contribution in [0.2, 0.25) is 0 Å². The van der Waals surface area contributed by atoms with Gasteiger partial charge in [-0.1, -0.05) is 43.2 Å². The number of thiazole rings is 1. The number of benzene rings is 1. The third-order valence-corrected chi connectivity index (χ3v) is 5.43. The Labute approximate surface area is 151 Å². The van der Waals surface area contributed by atoms with Crippen LogP contribution in [0.3, 0.4) is 0 Å². The first-order chi connectivity index (χ1) is 12.1. The highest BCUT2D eigenvalue weighted by molar-refractivity contribution is 7.15. The largest absolute Gasteiger partial charge is 0.344 e. The number of hydrogen-bond donors (Lipinski definition) is 2. The first-order valence-electron chi connectivity index (χ1n) is 8.68. The monoisotopic (exact) mass is 357 g/mol. The summed E-state index contributed by atoms with van der Waals surface area (Å²) in [5.74, 6) is -0.119. The van der Waals surface area contributed by atoms with Crippen LogP contribution < -0.4 is 10.6 Å². The van der Waals surface area contributed by atoms with Gasteiger partial charge < -0.3 is 10.6 Å². The van der Waals surface area contributed by atoms with Gasteiger partial charge in [-0.15, -0.1) is 11.3 Å². The molecule has 5 nitrogen and oxygen atoms in total. The Morgan fingerprint density at radius 3 is 2.64 bits per heavy atom. The molecule has 1 aromatic heterocycles. The summed E-state index contributed by atoms with van der Waals surface area (Å²) in [6.07, 6.45) is 6.80. The van der Waals surface area contributed by atoms with Crippen molar-refractivity contribution >= 4 is 28.3 Å². The molecule has 0 radical (unpaired) electrons. The molecule has 3 rings (SSSR count). The summed E-state index contributed by atoms with van der Waals surface area (Å²) in [5, 5.41) is 6.29. The van der Waals surface area contributed by atoms with Crippen molar-refractivity contribution in [3.63, 3.8) is 0 Å². The van der Waals surface area contributed by atoms with Crippen molar-refractivity contribution in [2.24, 2.45) is 5.92 Å². The van der Waals surface area contributed by atoms with Crippen LogP contribution in [0.1, 0.15) is 43.0 Å². The summed E-state index contributed by atoms with van der Waals surface area (Å²) in [6, 6.07) is 9.70. The lowest BCUT2D eigenvalue weighted by atomic mass is 9.97. The highest BCUT2D eigenvalue weighted by Crippen LogP contribution is 2.29. The smallest absolute Gasteiger partial charge is 0.249 e. The normalized spacial score (nSPS) is 15.7. The standard InChI is InChI=1S/C19H23N3O2S/c1-13(23)21-17(15-9-5-6-10-15)18(24)22-19-20-12-16(25-19)11-14-7-3-2-4-8-14/h2-4,7-8,12,15,17H,5-6,9-11H2,1H3,(H,21,23)(H,20,22,24)/t17-/m1/s1. The van der Waals surface area contributed by atoms with Crippen LogP contribution >= 0.6 is 11.3 Å². The van der Waals surface area contributed by atoms with Gasteiger partial charge >= 0.3 is 0 Å². The fourth-order valence-corrected chi connectivity index (χ4v) is 4.18. The van der Waals surface area contributed by atoms with Gasteiger partial charge in [0, 0.05) is 24.4 Å². The lowest BCUT2D eigenvalue weighted by Crippen LogP contribution is -2.47. The third-order valence-electron chi connectivity index (χ3n) is 4.52. The number of nitrogens with zero attached hydrogens (tertiary/aromatic N) is 1. The van der Waals surface area contributed by atoms with E-state index in [0.29, 0.717) is 5.13 Å². The molecule has 1 aliphatic carbocycles. The number of rotatable bonds is 6. The van der Waals surface area contributed by atoms with Crippen molar-refractivity contribution in [1.82, 2.24) is 10.3 Å². The molecule has 6 heteroatoms. The van der Waals surface area contributed by atoms with E-state index in [1.807, 2.05) is 18.2 Å². The third kappa shape index (κ3) is 4.89. The van der Waals surface area contributed by atoms with Gasteiger partial charge in [0.1, 0.15) is 6.04 Å². The molecule has 2 N–H and O–H groups in total. The van der Waals surface area contributed by atoms with Gasteiger partial charge in [0.05, 0.1) is 0 Å². The number of nitrogens with one attached hydrogen (secondary N) is 2. The molecule has 0 unspecified atom stereocenters. The second kappa shape index (κ2) is 8.25. The Morgan fingerprint density at radius 2 is 1.96 bits per heavy atom. The van der Waals surface area contributed by atoms with Crippen LogP contribution in [-0.2, 0) is 16.0 Å². The van der Waals surface area contributed by atoms with Crippen molar-refractivity contribution < 1.29 is 9.59 Å². The van der Waals surface area contributed by atoms with Crippen LogP contribution in [0.15, 0.2) is 36.5 Å². The Kier molecular flexibility index (Phi) is 5.81. The summed E-state index contributed by atoms with van der Waals surface area (Å²) in [4.78, 5) is 29.5. The fraction of sp³-hybridized carbons (Fsp3) is 0.421. The molecule has 0 aliphatic heterocycles. The van der Waals surface area contributed by atoms with Gasteiger partial charge in [0.15, 0.2) is 5.13 Å². The van der Waals surface area contributed by atoms with Crippen molar-refractivity contribution in [3.8, 4) is 0 Å². The first kappa shape index (κ1) is 17.6. The zero-order valence-electron chi connectivity index (χ0n) is 14.3. The molecule has 1 atom stereocenters. The zero-order valence-corrected chi connectivity index (χ0v) is 15.1. The molecule has 132 valence electrons. The van der Waals surface area contributed by atoms with E-state index >= 15 is 0 Å². The Balaban J connectivity index is 1.64. The quantitative estimate of drug-likeness (QED) is 0.833. The van der Waals surface area contributed by atoms with E-state index in [1.165, 1.54) is 23.8 Å². The van der Waals surface area contributed by atoms with Gasteiger partial charge in [-0.2, -0.15) is 0 Å². The van der Waals surface area contributed by atoms with E-state index in [0.717, 1.165) is 37.0 Å². The van der Waals surface area contributed by atoms with E-state index in [-0.39, 0.29) is 17.7 Å². The van der Waals surface area contributed by atoms with Crippen molar-refractivity contribution in [2.45, 2.75) is 45.1 Å². The molecule has 0 bridgehead atoms. The molecular formula is C19H23N3O2S. The van der Waals surface area contributed by atoms with Gasteiger partial charge in [0.2, 0.25) is 11.8 Å². The van der Waals surface area contributed by atoms with E-state index in [1.54, 1.807) is 6.20 Å². The second-order valence-electron chi connectivity index (χ2n) is 6.51. The van der Waals surface area contributed by atoms with E-state index in [9.17, 15) is 9.59 Å². The summed E-state index contributed by atoms with van der Waals surface area (Å²) in [6.45, 7) is 1.45. The van der Waals surface area contributed by atoms with Crippen LogP contribution in [0, 0.1) is 5.92 Å². The zero-order chi connectivity index (χ0) is 17.6. The molecule has 0 saturated heterocycles. The number of carbonyl (C=O) groups is 2. The summed E-state index contributed by atoms with van der Waals surface area (Å²) >= 11 is 1.48. The van der Waals surface area contributed by atoms with Gasteiger partial charge in [0.25, 0.3) is 0 Å². The summed E-state index contributed by atoms with van der Waals surface area (Å²) < 4.78 is 0. The molecule has 2 amide bonds. The van der Waals surface area contributed by atoms with Gasteiger partial charge in [-0.25, -0.2) is 4.98 Å². The van der Waals surface area contributed by atoms with Gasteiger partial charge in [-0.3, -0.25) is 9.59 Å². The first-order valence-corrected chi connectivity index (χ1v) is 9.50. The van der Waals surface area contributed by atoms with Crippen LogP contribution in [-0.4, -0.2) is 22.8 Å². The average Bonchev–Trinajstić information content (AvgIpc) is 3.25. The molecule has 1 heterocycles. The minimum absolute atomic E-state index is 0.164. The predicted octanol–water partition coefficient (Wildman–Crippen LogP) is 3.37. The molecule has 1 aliphatic rings. The number of amides is 2. The molecule has 0 spiro atoms. The minimum atomic E-state index is -0.471. The van der Waals surface area contributed by atoms with Crippen LogP contribution in [0.4, 0.5) is 5.13 Å². The average molecular weight is 357 g/mol.